The molecular weight excluding hydrogens is 348 g/mol. The Labute approximate surface area is 159 Å². The second-order valence-corrected chi connectivity index (χ2v) is 6.82. The van der Waals surface area contributed by atoms with Gasteiger partial charge < -0.3 is 15.1 Å². The highest BCUT2D eigenvalue weighted by Crippen LogP contribution is 2.32. The number of rotatable bonds is 2. The van der Waals surface area contributed by atoms with Crippen molar-refractivity contribution in [2.45, 2.75) is 33.1 Å². The molecule has 2 aromatic carbocycles. The maximum absolute atomic E-state index is 13.0. The Hall–Kier alpha value is -2.46. The van der Waals surface area contributed by atoms with Gasteiger partial charge in [0, 0.05) is 28.9 Å². The van der Waals surface area contributed by atoms with Gasteiger partial charge in [0.1, 0.15) is 5.58 Å². The standard InChI is InChI=1S/C21H22N2O2.ClH/c1-13-8-9-16-15(12-25-21(16)14(13)2)11-20(24)23-10-4-5-17-18(22)6-3-7-19(17)23;/h3,6-9,12H,4-5,10-11,22H2,1-2H3;1H. The van der Waals surface area contributed by atoms with Crippen LogP contribution >= 0.6 is 12.4 Å². The molecule has 0 atom stereocenters. The van der Waals surface area contributed by atoms with Crippen molar-refractivity contribution in [3.8, 4) is 0 Å². The third-order valence-corrected chi connectivity index (χ3v) is 5.27. The largest absolute Gasteiger partial charge is 0.464 e. The highest BCUT2D eigenvalue weighted by atomic mass is 35.5. The van der Waals surface area contributed by atoms with Gasteiger partial charge in [0.2, 0.25) is 5.91 Å². The summed E-state index contributed by atoms with van der Waals surface area (Å²) in [4.78, 5) is 14.8. The van der Waals surface area contributed by atoms with Crippen LogP contribution in [0.5, 0.6) is 0 Å². The van der Waals surface area contributed by atoms with E-state index in [1.807, 2.05) is 29.2 Å². The van der Waals surface area contributed by atoms with Crippen LogP contribution in [0.2, 0.25) is 0 Å². The Bertz CT molecular complexity index is 978. The predicted octanol–water partition coefficient (Wildman–Crippen LogP) is 4.58. The monoisotopic (exact) mass is 370 g/mol. The molecule has 3 aromatic rings. The Morgan fingerprint density at radius 2 is 2.04 bits per heavy atom. The summed E-state index contributed by atoms with van der Waals surface area (Å²) in [5.41, 5.74) is 13.1. The summed E-state index contributed by atoms with van der Waals surface area (Å²) in [5.74, 6) is 0.0903. The molecule has 0 radical (unpaired) electrons. The molecule has 2 N–H and O–H groups in total. The van der Waals surface area contributed by atoms with Crippen molar-refractivity contribution >= 4 is 40.7 Å². The first kappa shape index (κ1) is 18.3. The van der Waals surface area contributed by atoms with Crippen LogP contribution in [-0.2, 0) is 17.6 Å². The number of aryl methyl sites for hydroxylation is 2. The summed E-state index contributed by atoms with van der Waals surface area (Å²) in [6.07, 6.45) is 3.93. The third-order valence-electron chi connectivity index (χ3n) is 5.27. The molecule has 0 bridgehead atoms. The molecule has 26 heavy (non-hydrogen) atoms. The van der Waals surface area contributed by atoms with Crippen molar-refractivity contribution in [1.82, 2.24) is 0 Å². The van der Waals surface area contributed by atoms with E-state index in [1.165, 1.54) is 5.56 Å². The van der Waals surface area contributed by atoms with E-state index in [2.05, 4.69) is 19.9 Å². The number of fused-ring (bicyclic) bond motifs is 2. The Morgan fingerprint density at radius 1 is 1.23 bits per heavy atom. The van der Waals surface area contributed by atoms with Gasteiger partial charge in [-0.3, -0.25) is 4.79 Å². The lowest BCUT2D eigenvalue weighted by Gasteiger charge is -2.30. The summed E-state index contributed by atoms with van der Waals surface area (Å²) < 4.78 is 5.75. The van der Waals surface area contributed by atoms with Gasteiger partial charge >= 0.3 is 0 Å². The predicted molar refractivity (Wildman–Crippen MR) is 108 cm³/mol. The van der Waals surface area contributed by atoms with Gasteiger partial charge in [-0.2, -0.15) is 0 Å². The van der Waals surface area contributed by atoms with Gasteiger partial charge in [-0.05, 0) is 55.5 Å². The van der Waals surface area contributed by atoms with Crippen LogP contribution in [-0.4, -0.2) is 12.5 Å². The topological polar surface area (TPSA) is 59.5 Å². The summed E-state index contributed by atoms with van der Waals surface area (Å²) >= 11 is 0. The number of carbonyl (C=O) groups is 1. The van der Waals surface area contributed by atoms with Gasteiger partial charge in [-0.1, -0.05) is 18.2 Å². The first-order valence-corrected chi connectivity index (χ1v) is 8.70. The van der Waals surface area contributed by atoms with E-state index < -0.39 is 0 Å². The number of carbonyl (C=O) groups excluding carboxylic acids is 1. The van der Waals surface area contributed by atoms with Gasteiger partial charge in [0.25, 0.3) is 0 Å². The average molecular weight is 371 g/mol. The van der Waals surface area contributed by atoms with Crippen LogP contribution < -0.4 is 10.6 Å². The normalized spacial score (nSPS) is 13.4. The smallest absolute Gasteiger partial charge is 0.231 e. The number of nitrogens with two attached hydrogens (primary N) is 1. The molecule has 136 valence electrons. The van der Waals surface area contributed by atoms with Gasteiger partial charge in [-0.25, -0.2) is 0 Å². The number of nitrogen functional groups attached to an aromatic ring is 1. The fourth-order valence-electron chi connectivity index (χ4n) is 3.69. The average Bonchev–Trinajstić information content (AvgIpc) is 3.01. The molecule has 0 saturated carbocycles. The van der Waals surface area contributed by atoms with Gasteiger partial charge in [-0.15, -0.1) is 12.4 Å². The SMILES string of the molecule is Cc1ccc2c(CC(=O)N3CCCc4c(N)cccc43)coc2c1C.Cl. The van der Waals surface area contributed by atoms with Crippen molar-refractivity contribution in [1.29, 1.82) is 0 Å². The van der Waals surface area contributed by atoms with Crippen LogP contribution in [0.3, 0.4) is 0 Å². The van der Waals surface area contributed by atoms with E-state index in [4.69, 9.17) is 10.2 Å². The van der Waals surface area contributed by atoms with Crippen LogP contribution in [0, 0.1) is 13.8 Å². The molecule has 1 aliphatic rings. The van der Waals surface area contributed by atoms with Gasteiger partial charge in [0.05, 0.1) is 12.7 Å². The van der Waals surface area contributed by atoms with Crippen molar-refractivity contribution in [3.05, 3.63) is 58.8 Å². The van der Waals surface area contributed by atoms with E-state index in [9.17, 15) is 4.79 Å². The Balaban J connectivity index is 0.00000196. The summed E-state index contributed by atoms with van der Waals surface area (Å²) in [6, 6.07) is 9.94. The lowest BCUT2D eigenvalue weighted by molar-refractivity contribution is -0.118. The molecule has 0 aliphatic carbocycles. The van der Waals surface area contributed by atoms with Crippen molar-refractivity contribution in [2.75, 3.05) is 17.2 Å². The zero-order chi connectivity index (χ0) is 17.6. The molecule has 1 amide bonds. The van der Waals surface area contributed by atoms with E-state index >= 15 is 0 Å². The zero-order valence-corrected chi connectivity index (χ0v) is 15.9. The molecule has 0 fully saturated rings. The van der Waals surface area contributed by atoms with Crippen LogP contribution in [0.25, 0.3) is 11.0 Å². The van der Waals surface area contributed by atoms with Crippen molar-refractivity contribution < 1.29 is 9.21 Å². The third kappa shape index (κ3) is 2.95. The molecule has 0 saturated heterocycles. The van der Waals surface area contributed by atoms with Crippen LogP contribution in [0.1, 0.15) is 28.7 Å². The number of anilines is 2. The highest BCUT2D eigenvalue weighted by Gasteiger charge is 2.24. The quantitative estimate of drug-likeness (QED) is 0.672. The molecule has 4 rings (SSSR count). The molecule has 5 heteroatoms. The molecule has 0 unspecified atom stereocenters. The van der Waals surface area contributed by atoms with Crippen LogP contribution in [0.4, 0.5) is 11.4 Å². The summed E-state index contributed by atoms with van der Waals surface area (Å²) in [6.45, 7) is 4.86. The molecule has 1 aromatic heterocycles. The van der Waals surface area contributed by atoms with E-state index in [0.29, 0.717) is 6.42 Å². The van der Waals surface area contributed by atoms with E-state index in [-0.39, 0.29) is 18.3 Å². The summed E-state index contributed by atoms with van der Waals surface area (Å²) in [7, 11) is 0. The number of hydrogen-bond acceptors (Lipinski definition) is 3. The first-order chi connectivity index (χ1) is 12.1. The minimum atomic E-state index is 0. The number of benzene rings is 2. The number of furan rings is 1. The maximum Gasteiger partial charge on any atom is 0.231 e. The zero-order valence-electron chi connectivity index (χ0n) is 15.0. The molecule has 2 heterocycles. The first-order valence-electron chi connectivity index (χ1n) is 8.70. The number of hydrogen-bond donors (Lipinski definition) is 1. The fourth-order valence-corrected chi connectivity index (χ4v) is 3.69. The Morgan fingerprint density at radius 3 is 2.85 bits per heavy atom. The minimum Gasteiger partial charge on any atom is -0.464 e. The number of halogens is 1. The number of nitrogens with zero attached hydrogens (tertiary/aromatic N) is 1. The van der Waals surface area contributed by atoms with E-state index in [1.54, 1.807) is 6.26 Å². The molecule has 4 nitrogen and oxygen atoms in total. The lowest BCUT2D eigenvalue weighted by Crippen LogP contribution is -2.36. The van der Waals surface area contributed by atoms with E-state index in [0.717, 1.165) is 58.4 Å². The maximum atomic E-state index is 13.0. The molecular formula is C21H23ClN2O2. The number of amides is 1. The van der Waals surface area contributed by atoms with Crippen LogP contribution in [0.15, 0.2) is 41.0 Å². The van der Waals surface area contributed by atoms with Crippen molar-refractivity contribution in [3.63, 3.8) is 0 Å². The van der Waals surface area contributed by atoms with Gasteiger partial charge in [0.15, 0.2) is 0 Å². The summed E-state index contributed by atoms with van der Waals surface area (Å²) in [5, 5.41) is 1.03. The lowest BCUT2D eigenvalue weighted by atomic mass is 9.98. The second kappa shape index (κ2) is 7.04. The molecule has 1 aliphatic heterocycles. The van der Waals surface area contributed by atoms with Crippen molar-refractivity contribution in [2.24, 2.45) is 0 Å². The fraction of sp³-hybridized carbons (Fsp3) is 0.286. The Kier molecular flexibility index (Phi) is 4.97. The molecule has 0 spiro atoms. The second-order valence-electron chi connectivity index (χ2n) is 6.82. The highest BCUT2D eigenvalue weighted by molar-refractivity contribution is 5.99. The minimum absolute atomic E-state index is 0.